The minimum absolute atomic E-state index is 0.0102. The molecule has 0 aliphatic carbocycles. The average molecular weight is 233 g/mol. The zero-order valence-electron chi connectivity index (χ0n) is 9.63. The molecule has 17 heavy (non-hydrogen) atoms. The standard InChI is InChI=1S/C12H15N3O2/c1-9-13-12(17-15-9)14-11(8-16)7-10-5-3-2-4-6-10/h2-6,11,16H,7-8H2,1H3,(H,13,14,15). The van der Waals surface area contributed by atoms with Crippen LogP contribution in [0.1, 0.15) is 11.4 Å². The summed E-state index contributed by atoms with van der Waals surface area (Å²) in [6.45, 7) is 1.76. The molecule has 1 heterocycles. The van der Waals surface area contributed by atoms with E-state index in [-0.39, 0.29) is 12.6 Å². The first-order valence-electron chi connectivity index (χ1n) is 5.49. The van der Waals surface area contributed by atoms with Crippen molar-refractivity contribution in [2.24, 2.45) is 0 Å². The zero-order chi connectivity index (χ0) is 12.1. The number of aryl methyl sites for hydroxylation is 1. The fraction of sp³-hybridized carbons (Fsp3) is 0.333. The lowest BCUT2D eigenvalue weighted by molar-refractivity contribution is 0.270. The van der Waals surface area contributed by atoms with Crippen LogP contribution < -0.4 is 5.32 Å². The SMILES string of the molecule is Cc1noc(NC(CO)Cc2ccccc2)n1. The van der Waals surface area contributed by atoms with Gasteiger partial charge >= 0.3 is 6.01 Å². The molecule has 5 heteroatoms. The van der Waals surface area contributed by atoms with E-state index in [0.29, 0.717) is 18.3 Å². The van der Waals surface area contributed by atoms with Gasteiger partial charge in [0.1, 0.15) is 0 Å². The lowest BCUT2D eigenvalue weighted by atomic mass is 10.1. The lowest BCUT2D eigenvalue weighted by Gasteiger charge is -2.14. The molecule has 2 N–H and O–H groups in total. The third-order valence-corrected chi connectivity index (χ3v) is 2.40. The second kappa shape index (κ2) is 5.45. The Hall–Kier alpha value is -1.88. The van der Waals surface area contributed by atoms with Crippen molar-refractivity contribution >= 4 is 6.01 Å². The summed E-state index contributed by atoms with van der Waals surface area (Å²) in [5.74, 6) is 0.573. The smallest absolute Gasteiger partial charge is 0.321 e. The molecule has 2 rings (SSSR count). The van der Waals surface area contributed by atoms with Crippen LogP contribution >= 0.6 is 0 Å². The Morgan fingerprint density at radius 3 is 2.71 bits per heavy atom. The number of nitrogens with one attached hydrogen (secondary N) is 1. The molecule has 0 saturated carbocycles. The average Bonchev–Trinajstić information content (AvgIpc) is 2.75. The largest absolute Gasteiger partial charge is 0.394 e. The fourth-order valence-electron chi connectivity index (χ4n) is 1.59. The van der Waals surface area contributed by atoms with Gasteiger partial charge in [0.15, 0.2) is 5.82 Å². The van der Waals surface area contributed by atoms with E-state index in [1.54, 1.807) is 6.92 Å². The lowest BCUT2D eigenvalue weighted by Crippen LogP contribution is -2.26. The van der Waals surface area contributed by atoms with E-state index in [1.807, 2.05) is 30.3 Å². The minimum atomic E-state index is -0.128. The van der Waals surface area contributed by atoms with Crippen molar-refractivity contribution in [2.45, 2.75) is 19.4 Å². The summed E-state index contributed by atoms with van der Waals surface area (Å²) in [7, 11) is 0. The summed E-state index contributed by atoms with van der Waals surface area (Å²) in [5.41, 5.74) is 1.15. The summed E-state index contributed by atoms with van der Waals surface area (Å²) in [6, 6.07) is 10.2. The number of hydrogen-bond donors (Lipinski definition) is 2. The van der Waals surface area contributed by atoms with Gasteiger partial charge in [-0.2, -0.15) is 4.98 Å². The van der Waals surface area contributed by atoms with Crippen LogP contribution in [0.15, 0.2) is 34.9 Å². The predicted molar refractivity (Wildman–Crippen MR) is 63.7 cm³/mol. The second-order valence-electron chi connectivity index (χ2n) is 3.86. The van der Waals surface area contributed by atoms with Crippen molar-refractivity contribution in [2.75, 3.05) is 11.9 Å². The number of hydrogen-bond acceptors (Lipinski definition) is 5. The fourth-order valence-corrected chi connectivity index (χ4v) is 1.59. The third kappa shape index (κ3) is 3.29. The summed E-state index contributed by atoms with van der Waals surface area (Å²) >= 11 is 0. The Morgan fingerprint density at radius 2 is 2.12 bits per heavy atom. The Bertz CT molecular complexity index is 456. The van der Waals surface area contributed by atoms with Gasteiger partial charge in [-0.3, -0.25) is 0 Å². The Balaban J connectivity index is 1.98. The number of anilines is 1. The van der Waals surface area contributed by atoms with Gasteiger partial charge in [-0.05, 0) is 18.9 Å². The molecule has 0 bridgehead atoms. The topological polar surface area (TPSA) is 71.2 Å². The molecule has 0 amide bonds. The number of nitrogens with zero attached hydrogens (tertiary/aromatic N) is 2. The van der Waals surface area contributed by atoms with Crippen LogP contribution in [0, 0.1) is 6.92 Å². The Labute approximate surface area is 99.5 Å². The second-order valence-corrected chi connectivity index (χ2v) is 3.86. The first-order valence-corrected chi connectivity index (χ1v) is 5.49. The van der Waals surface area contributed by atoms with Crippen molar-refractivity contribution in [3.63, 3.8) is 0 Å². The normalized spacial score (nSPS) is 12.4. The van der Waals surface area contributed by atoms with Gasteiger partial charge in [0.05, 0.1) is 12.6 Å². The minimum Gasteiger partial charge on any atom is -0.394 e. The molecule has 1 atom stereocenters. The Morgan fingerprint density at radius 1 is 1.35 bits per heavy atom. The van der Waals surface area contributed by atoms with Crippen molar-refractivity contribution in [1.29, 1.82) is 0 Å². The van der Waals surface area contributed by atoms with E-state index in [0.717, 1.165) is 5.56 Å². The highest BCUT2D eigenvalue weighted by Gasteiger charge is 2.11. The monoisotopic (exact) mass is 233 g/mol. The molecule has 0 aliphatic heterocycles. The summed E-state index contributed by atoms with van der Waals surface area (Å²) in [5, 5.41) is 16.0. The maximum atomic E-state index is 9.30. The molecule has 0 radical (unpaired) electrons. The summed E-state index contributed by atoms with van der Waals surface area (Å²) in [6.07, 6.45) is 0.707. The van der Waals surface area contributed by atoms with E-state index < -0.39 is 0 Å². The number of aromatic nitrogens is 2. The van der Waals surface area contributed by atoms with Gasteiger partial charge in [0.25, 0.3) is 0 Å². The van der Waals surface area contributed by atoms with E-state index in [2.05, 4.69) is 15.5 Å². The maximum absolute atomic E-state index is 9.30. The van der Waals surface area contributed by atoms with Crippen molar-refractivity contribution in [3.8, 4) is 0 Å². The van der Waals surface area contributed by atoms with Gasteiger partial charge in [-0.1, -0.05) is 35.5 Å². The van der Waals surface area contributed by atoms with Crippen LogP contribution in [0.2, 0.25) is 0 Å². The molecule has 1 aromatic heterocycles. The van der Waals surface area contributed by atoms with Crippen LogP contribution in [0.4, 0.5) is 6.01 Å². The summed E-state index contributed by atoms with van der Waals surface area (Å²) < 4.78 is 4.95. The quantitative estimate of drug-likeness (QED) is 0.816. The van der Waals surface area contributed by atoms with Crippen LogP contribution in [0.25, 0.3) is 0 Å². The molecule has 90 valence electrons. The molecule has 0 fully saturated rings. The van der Waals surface area contributed by atoms with E-state index in [4.69, 9.17) is 4.52 Å². The van der Waals surface area contributed by atoms with E-state index >= 15 is 0 Å². The highest BCUT2D eigenvalue weighted by molar-refractivity contribution is 5.24. The van der Waals surface area contributed by atoms with Gasteiger partial charge < -0.3 is 14.9 Å². The molecular weight excluding hydrogens is 218 g/mol. The number of rotatable bonds is 5. The van der Waals surface area contributed by atoms with Crippen molar-refractivity contribution in [1.82, 2.24) is 10.1 Å². The molecule has 0 saturated heterocycles. The van der Waals surface area contributed by atoms with E-state index in [1.165, 1.54) is 0 Å². The van der Waals surface area contributed by atoms with Crippen LogP contribution in [0.5, 0.6) is 0 Å². The van der Waals surface area contributed by atoms with Gasteiger partial charge in [0.2, 0.25) is 0 Å². The van der Waals surface area contributed by atoms with Crippen LogP contribution in [0.3, 0.4) is 0 Å². The van der Waals surface area contributed by atoms with Gasteiger partial charge in [-0.15, -0.1) is 0 Å². The number of aliphatic hydroxyl groups excluding tert-OH is 1. The third-order valence-electron chi connectivity index (χ3n) is 2.40. The number of aliphatic hydroxyl groups is 1. The van der Waals surface area contributed by atoms with E-state index in [9.17, 15) is 5.11 Å². The first-order chi connectivity index (χ1) is 8.28. The molecule has 1 unspecified atom stereocenters. The highest BCUT2D eigenvalue weighted by atomic mass is 16.5. The molecule has 2 aromatic rings. The maximum Gasteiger partial charge on any atom is 0.321 e. The molecule has 5 nitrogen and oxygen atoms in total. The summed E-state index contributed by atoms with van der Waals surface area (Å²) in [4.78, 5) is 4.04. The van der Waals surface area contributed by atoms with Crippen LogP contribution in [-0.2, 0) is 6.42 Å². The predicted octanol–water partition coefficient (Wildman–Crippen LogP) is 1.39. The molecule has 0 aliphatic rings. The first kappa shape index (κ1) is 11.6. The van der Waals surface area contributed by atoms with Gasteiger partial charge in [0, 0.05) is 0 Å². The van der Waals surface area contributed by atoms with Crippen LogP contribution in [-0.4, -0.2) is 27.9 Å². The zero-order valence-corrected chi connectivity index (χ0v) is 9.63. The highest BCUT2D eigenvalue weighted by Crippen LogP contribution is 2.09. The van der Waals surface area contributed by atoms with Gasteiger partial charge in [-0.25, -0.2) is 0 Å². The number of benzene rings is 1. The molecular formula is C12H15N3O2. The van der Waals surface area contributed by atoms with Crippen molar-refractivity contribution in [3.05, 3.63) is 41.7 Å². The Kier molecular flexibility index (Phi) is 3.72. The molecule has 1 aromatic carbocycles. The van der Waals surface area contributed by atoms with Crippen molar-refractivity contribution < 1.29 is 9.63 Å². The molecule has 0 spiro atoms.